The molecule has 0 fully saturated rings. The van der Waals surface area contributed by atoms with Crippen LogP contribution in [0.5, 0.6) is 11.5 Å². The molecule has 0 spiro atoms. The van der Waals surface area contributed by atoms with Gasteiger partial charge in [0.05, 0.1) is 39.5 Å². The molecule has 10 heteroatoms. The molecule has 0 aliphatic carbocycles. The summed E-state index contributed by atoms with van der Waals surface area (Å²) in [6.45, 7) is 3.93. The third-order valence-corrected chi connectivity index (χ3v) is 4.86. The van der Waals surface area contributed by atoms with Gasteiger partial charge in [-0.3, -0.25) is 9.59 Å². The van der Waals surface area contributed by atoms with Crippen LogP contribution in [-0.2, 0) is 25.5 Å². The van der Waals surface area contributed by atoms with E-state index < -0.39 is 11.9 Å². The van der Waals surface area contributed by atoms with E-state index in [0.29, 0.717) is 30.2 Å². The molecule has 2 amide bonds. The monoisotopic (exact) mass is 449 g/mol. The Kier molecular flexibility index (Phi) is 9.33. The average Bonchev–Trinajstić information content (AvgIpc) is 3.07. The van der Waals surface area contributed by atoms with Gasteiger partial charge in [0.25, 0.3) is 5.91 Å². The molecule has 1 heterocycles. The molecule has 176 valence electrons. The predicted molar refractivity (Wildman–Crippen MR) is 117 cm³/mol. The molecular weight excluding hydrogens is 418 g/mol. The Hall–Kier alpha value is -3.27. The average molecular weight is 450 g/mol. The Morgan fingerprint density at radius 3 is 2.56 bits per heavy atom. The lowest BCUT2D eigenvalue weighted by molar-refractivity contribution is -0.136. The number of carbonyl (C=O) groups excluding carboxylic acids is 3. The zero-order valence-electron chi connectivity index (χ0n) is 18.9. The Bertz CT molecular complexity index is 883. The lowest BCUT2D eigenvalue weighted by Crippen LogP contribution is -2.31. The number of amides is 2. The first-order valence-corrected chi connectivity index (χ1v) is 10.4. The molecule has 0 radical (unpaired) electrons. The van der Waals surface area contributed by atoms with Crippen LogP contribution in [0.3, 0.4) is 0 Å². The summed E-state index contributed by atoms with van der Waals surface area (Å²) in [4.78, 5) is 37.6. The Balaban J connectivity index is 2.39. The van der Waals surface area contributed by atoms with Crippen LogP contribution in [0.2, 0.25) is 0 Å². The fourth-order valence-corrected chi connectivity index (χ4v) is 3.34. The molecule has 1 aromatic rings. The highest BCUT2D eigenvalue weighted by molar-refractivity contribution is 6.08. The van der Waals surface area contributed by atoms with E-state index in [1.165, 1.54) is 26.0 Å². The number of methoxy groups -OCH3 is 2. The SMILES string of the molecule is CCCc1cc(OC)c(OCCNC(C)=O)cc1NC1=C(C(=O)OC)CN(CCO)C1=O. The molecule has 1 aliphatic rings. The normalized spacial score (nSPS) is 13.3. The topological polar surface area (TPSA) is 126 Å². The molecule has 1 aliphatic heterocycles. The van der Waals surface area contributed by atoms with E-state index in [9.17, 15) is 19.5 Å². The van der Waals surface area contributed by atoms with E-state index in [2.05, 4.69) is 10.6 Å². The number of β-amino-alcohol motifs (C(OH)–C–C–N with tert-alkyl or cyclic N) is 1. The number of benzene rings is 1. The number of esters is 1. The third kappa shape index (κ3) is 6.13. The molecule has 10 nitrogen and oxygen atoms in total. The summed E-state index contributed by atoms with van der Waals surface area (Å²) in [7, 11) is 2.78. The molecule has 0 saturated carbocycles. The zero-order chi connectivity index (χ0) is 23.7. The lowest BCUT2D eigenvalue weighted by Gasteiger charge is -2.19. The van der Waals surface area contributed by atoms with Crippen LogP contribution in [-0.4, -0.2) is 74.9 Å². The van der Waals surface area contributed by atoms with Gasteiger partial charge in [-0.15, -0.1) is 0 Å². The van der Waals surface area contributed by atoms with Crippen molar-refractivity contribution in [2.24, 2.45) is 0 Å². The molecule has 0 bridgehead atoms. The van der Waals surface area contributed by atoms with Crippen LogP contribution in [0.1, 0.15) is 25.8 Å². The minimum Gasteiger partial charge on any atom is -0.493 e. The summed E-state index contributed by atoms with van der Waals surface area (Å²) in [5.74, 6) is -0.220. The first kappa shape index (κ1) is 25.0. The minimum absolute atomic E-state index is 0.0493. The fourth-order valence-electron chi connectivity index (χ4n) is 3.34. The number of ether oxygens (including phenoxy) is 3. The molecule has 3 N–H and O–H groups in total. The van der Waals surface area contributed by atoms with Crippen molar-refractivity contribution in [3.63, 3.8) is 0 Å². The van der Waals surface area contributed by atoms with E-state index in [1.807, 2.05) is 13.0 Å². The fraction of sp³-hybridized carbons (Fsp3) is 0.500. The van der Waals surface area contributed by atoms with E-state index in [4.69, 9.17) is 14.2 Å². The number of nitrogens with one attached hydrogen (secondary N) is 2. The zero-order valence-corrected chi connectivity index (χ0v) is 18.9. The van der Waals surface area contributed by atoms with Crippen molar-refractivity contribution in [1.29, 1.82) is 0 Å². The van der Waals surface area contributed by atoms with Crippen molar-refractivity contribution < 1.29 is 33.7 Å². The first-order chi connectivity index (χ1) is 15.4. The van der Waals surface area contributed by atoms with Crippen molar-refractivity contribution in [3.8, 4) is 11.5 Å². The van der Waals surface area contributed by atoms with Gasteiger partial charge in [0, 0.05) is 25.2 Å². The number of nitrogens with zero attached hydrogens (tertiary/aromatic N) is 1. The van der Waals surface area contributed by atoms with Crippen LogP contribution >= 0.6 is 0 Å². The first-order valence-electron chi connectivity index (χ1n) is 10.4. The van der Waals surface area contributed by atoms with Gasteiger partial charge in [-0.2, -0.15) is 0 Å². The molecular formula is C22H31N3O7. The number of rotatable bonds is 12. The van der Waals surface area contributed by atoms with Crippen molar-refractivity contribution in [1.82, 2.24) is 10.2 Å². The number of aliphatic hydroxyl groups is 1. The highest BCUT2D eigenvalue weighted by Crippen LogP contribution is 2.36. The second-order valence-electron chi connectivity index (χ2n) is 7.16. The van der Waals surface area contributed by atoms with Gasteiger partial charge in [0.2, 0.25) is 5.91 Å². The molecule has 32 heavy (non-hydrogen) atoms. The van der Waals surface area contributed by atoms with Crippen molar-refractivity contribution in [3.05, 3.63) is 29.0 Å². The van der Waals surface area contributed by atoms with E-state index in [-0.39, 0.29) is 43.5 Å². The maximum absolute atomic E-state index is 12.9. The Morgan fingerprint density at radius 1 is 1.22 bits per heavy atom. The van der Waals surface area contributed by atoms with Crippen LogP contribution in [0.25, 0.3) is 0 Å². The molecule has 0 atom stereocenters. The van der Waals surface area contributed by atoms with Gasteiger partial charge in [-0.25, -0.2) is 4.79 Å². The number of hydrogen-bond donors (Lipinski definition) is 3. The Labute approximate surface area is 187 Å². The van der Waals surface area contributed by atoms with Crippen LogP contribution in [0.15, 0.2) is 23.4 Å². The molecule has 2 rings (SSSR count). The molecule has 0 aromatic heterocycles. The summed E-state index contributed by atoms with van der Waals surface area (Å²) in [6, 6.07) is 3.53. The van der Waals surface area contributed by atoms with Crippen molar-refractivity contribution in [2.45, 2.75) is 26.7 Å². The smallest absolute Gasteiger partial charge is 0.337 e. The largest absolute Gasteiger partial charge is 0.493 e. The van der Waals surface area contributed by atoms with Gasteiger partial charge in [0.15, 0.2) is 11.5 Å². The van der Waals surface area contributed by atoms with Crippen LogP contribution < -0.4 is 20.1 Å². The minimum atomic E-state index is -0.612. The van der Waals surface area contributed by atoms with Crippen LogP contribution in [0, 0.1) is 0 Å². The quantitative estimate of drug-likeness (QED) is 0.317. The lowest BCUT2D eigenvalue weighted by atomic mass is 10.1. The number of aliphatic hydroxyl groups excluding tert-OH is 1. The van der Waals surface area contributed by atoms with E-state index in [0.717, 1.165) is 12.0 Å². The second-order valence-corrected chi connectivity index (χ2v) is 7.16. The highest BCUT2D eigenvalue weighted by Gasteiger charge is 2.34. The number of anilines is 1. The molecule has 0 unspecified atom stereocenters. The number of carbonyl (C=O) groups is 3. The molecule has 0 saturated heterocycles. The summed E-state index contributed by atoms with van der Waals surface area (Å²) >= 11 is 0. The highest BCUT2D eigenvalue weighted by atomic mass is 16.5. The third-order valence-electron chi connectivity index (χ3n) is 4.86. The van der Waals surface area contributed by atoms with Gasteiger partial charge < -0.3 is 34.9 Å². The van der Waals surface area contributed by atoms with E-state index in [1.54, 1.807) is 6.07 Å². The predicted octanol–water partition coefficient (Wildman–Crippen LogP) is 0.836. The Morgan fingerprint density at radius 2 is 1.97 bits per heavy atom. The van der Waals surface area contributed by atoms with Gasteiger partial charge in [0.1, 0.15) is 12.3 Å². The summed E-state index contributed by atoms with van der Waals surface area (Å²) in [5.41, 5.74) is 1.77. The number of hydrogen-bond acceptors (Lipinski definition) is 8. The molecule has 1 aromatic carbocycles. The van der Waals surface area contributed by atoms with Crippen molar-refractivity contribution in [2.75, 3.05) is 52.4 Å². The van der Waals surface area contributed by atoms with Crippen LogP contribution in [0.4, 0.5) is 5.69 Å². The van der Waals surface area contributed by atoms with Crippen molar-refractivity contribution >= 4 is 23.5 Å². The second kappa shape index (κ2) is 11.9. The van der Waals surface area contributed by atoms with Gasteiger partial charge in [-0.05, 0) is 18.1 Å². The summed E-state index contributed by atoms with van der Waals surface area (Å²) in [5, 5.41) is 15.0. The van der Waals surface area contributed by atoms with Gasteiger partial charge in [-0.1, -0.05) is 13.3 Å². The standard InChI is InChI=1S/C22H31N3O7/c1-5-6-15-11-18(30-3)19(32-10-7-23-14(2)27)12-17(15)24-20-16(22(29)31-4)13-25(8-9-26)21(20)28/h11-12,24,26H,5-10,13H2,1-4H3,(H,23,27). The summed E-state index contributed by atoms with van der Waals surface area (Å²) in [6.07, 6.45) is 1.54. The van der Waals surface area contributed by atoms with E-state index >= 15 is 0 Å². The maximum atomic E-state index is 12.9. The number of aryl methyl sites for hydroxylation is 1. The summed E-state index contributed by atoms with van der Waals surface area (Å²) < 4.78 is 16.1. The van der Waals surface area contributed by atoms with Gasteiger partial charge >= 0.3 is 5.97 Å². The maximum Gasteiger partial charge on any atom is 0.337 e.